The highest BCUT2D eigenvalue weighted by Crippen LogP contribution is 2.23. The number of amides is 2. The van der Waals surface area contributed by atoms with E-state index in [9.17, 15) is 29.1 Å². The van der Waals surface area contributed by atoms with Crippen LogP contribution < -0.4 is 20.7 Å². The van der Waals surface area contributed by atoms with Gasteiger partial charge in [-0.3, -0.25) is 24.0 Å². The molecule has 0 aliphatic heterocycles. The molecule has 0 heterocycles. The molecule has 0 saturated heterocycles. The van der Waals surface area contributed by atoms with Gasteiger partial charge in [-0.2, -0.15) is 0 Å². The summed E-state index contributed by atoms with van der Waals surface area (Å²) in [6.07, 6.45) is 2.25. The van der Waals surface area contributed by atoms with Gasteiger partial charge in [-0.15, -0.1) is 0 Å². The van der Waals surface area contributed by atoms with E-state index in [4.69, 9.17) is 4.74 Å². The highest BCUT2D eigenvalue weighted by atomic mass is 16.5. The highest BCUT2D eigenvalue weighted by Gasteiger charge is 2.33. The molecule has 0 radical (unpaired) electrons. The van der Waals surface area contributed by atoms with Crippen LogP contribution in [0.15, 0.2) is 24.3 Å². The van der Waals surface area contributed by atoms with Crippen molar-refractivity contribution in [2.75, 3.05) is 47.4 Å². The maximum absolute atomic E-state index is 13.6. The van der Waals surface area contributed by atoms with E-state index in [2.05, 4.69) is 36.7 Å². The summed E-state index contributed by atoms with van der Waals surface area (Å²) in [5.41, 5.74) is -0.449. The van der Waals surface area contributed by atoms with Crippen LogP contribution in [-0.2, 0) is 30.4 Å². The van der Waals surface area contributed by atoms with E-state index >= 15 is 0 Å². The fourth-order valence-corrected chi connectivity index (χ4v) is 6.52. The largest absolute Gasteiger partial charge is 0.492 e. The quantitative estimate of drug-likeness (QED) is 0.0797. The Morgan fingerprint density at radius 1 is 0.732 bits per heavy atom. The number of nitrogens with zero attached hydrogens (tertiary/aromatic N) is 2. The SMILES string of the molecule is CC(C)(C)NC(CCCCN(CCOc1ccc(CC(NC(C)(C)C)C(=O)C(C)(C)C)cc1)C(=O)CCC(=O)NC(CC(=O)O)C[N+](C)(C)C)C(=O)C(C)(C)C. The highest BCUT2D eigenvalue weighted by molar-refractivity contribution is 5.89. The zero-order chi connectivity index (χ0) is 43.3. The zero-order valence-corrected chi connectivity index (χ0v) is 37.6. The summed E-state index contributed by atoms with van der Waals surface area (Å²) in [5, 5.41) is 19.2. The third-order valence-corrected chi connectivity index (χ3v) is 8.96. The van der Waals surface area contributed by atoms with Crippen LogP contribution >= 0.6 is 0 Å². The molecule has 1 rings (SSSR count). The van der Waals surface area contributed by atoms with Gasteiger partial charge in [-0.05, 0) is 84.9 Å². The molecule has 1 aromatic carbocycles. The van der Waals surface area contributed by atoms with Gasteiger partial charge in [-0.25, -0.2) is 0 Å². The van der Waals surface area contributed by atoms with Crippen LogP contribution in [0.3, 0.4) is 0 Å². The first-order chi connectivity index (χ1) is 25.4. The van der Waals surface area contributed by atoms with Crippen molar-refractivity contribution in [1.29, 1.82) is 0 Å². The Hall–Kier alpha value is -3.35. The minimum Gasteiger partial charge on any atom is -0.492 e. The standard InChI is InChI=1S/C44H77N5O7/c1-41(2,3)39(54)34(46-43(7,8)9)18-16-17-25-48(37(51)24-23-36(50)45-32(29-38(52)53)30-49(13,14)15)26-27-56-33-21-19-31(20-22-33)28-35(47-44(10,11)12)40(55)42(4,5)6/h19-22,32,34-35,46-47H,16-18,23-30H2,1-15H3,(H-,45,50,52,53)/p+1. The number of hydrogen-bond donors (Lipinski definition) is 4. The molecule has 56 heavy (non-hydrogen) atoms. The van der Waals surface area contributed by atoms with Gasteiger partial charge >= 0.3 is 5.97 Å². The summed E-state index contributed by atoms with van der Waals surface area (Å²) < 4.78 is 6.57. The van der Waals surface area contributed by atoms with Crippen molar-refractivity contribution in [3.05, 3.63) is 29.8 Å². The summed E-state index contributed by atoms with van der Waals surface area (Å²) in [5.74, 6) is -0.615. The van der Waals surface area contributed by atoms with Crippen LogP contribution in [0.4, 0.5) is 0 Å². The topological polar surface area (TPSA) is 154 Å². The Balaban J connectivity index is 3.05. The lowest BCUT2D eigenvalue weighted by molar-refractivity contribution is -0.871. The Morgan fingerprint density at radius 3 is 1.73 bits per heavy atom. The van der Waals surface area contributed by atoms with Gasteiger partial charge < -0.3 is 35.2 Å². The first-order valence-electron chi connectivity index (χ1n) is 20.3. The normalized spacial score (nSPS) is 14.4. The van der Waals surface area contributed by atoms with E-state index in [1.165, 1.54) is 0 Å². The number of Topliss-reactive ketones (excluding diaryl/α,β-unsaturated/α-hetero) is 2. The number of benzene rings is 1. The van der Waals surface area contributed by atoms with Crippen molar-refractivity contribution >= 4 is 29.4 Å². The molecule has 0 saturated carbocycles. The molecule has 0 aliphatic rings. The molecular formula is C44H78N5O7+. The number of likely N-dealkylation sites (N-methyl/N-ethyl adjacent to an activating group) is 1. The monoisotopic (exact) mass is 789 g/mol. The van der Waals surface area contributed by atoms with Gasteiger partial charge in [0.1, 0.15) is 12.4 Å². The molecule has 0 aromatic heterocycles. The number of ketones is 2. The number of carbonyl (C=O) groups excluding carboxylic acids is 4. The average molecular weight is 789 g/mol. The summed E-state index contributed by atoms with van der Waals surface area (Å²) in [6.45, 7) is 25.3. The Kier molecular flexibility index (Phi) is 19.4. The molecule has 0 bridgehead atoms. The first kappa shape index (κ1) is 50.7. The third-order valence-electron chi connectivity index (χ3n) is 8.96. The second kappa shape index (κ2) is 21.4. The molecule has 0 fully saturated rings. The molecule has 0 spiro atoms. The number of unbranched alkanes of at least 4 members (excludes halogenated alkanes) is 1. The lowest BCUT2D eigenvalue weighted by Crippen LogP contribution is -2.51. The van der Waals surface area contributed by atoms with E-state index < -0.39 is 22.8 Å². The molecule has 3 atom stereocenters. The number of rotatable bonds is 23. The lowest BCUT2D eigenvalue weighted by atomic mass is 9.83. The van der Waals surface area contributed by atoms with E-state index in [0.29, 0.717) is 55.6 Å². The van der Waals surface area contributed by atoms with Gasteiger partial charge in [-0.1, -0.05) is 53.7 Å². The van der Waals surface area contributed by atoms with Crippen molar-refractivity contribution in [1.82, 2.24) is 20.9 Å². The molecule has 320 valence electrons. The van der Waals surface area contributed by atoms with Gasteiger partial charge in [0.2, 0.25) is 11.8 Å². The van der Waals surface area contributed by atoms with Gasteiger partial charge in [0.15, 0.2) is 11.6 Å². The molecule has 12 nitrogen and oxygen atoms in total. The van der Waals surface area contributed by atoms with Crippen molar-refractivity contribution in [3.63, 3.8) is 0 Å². The minimum absolute atomic E-state index is 0.0293. The fourth-order valence-electron chi connectivity index (χ4n) is 6.52. The molecule has 12 heteroatoms. The second-order valence-electron chi connectivity index (χ2n) is 20.5. The molecular weight excluding hydrogens is 711 g/mol. The summed E-state index contributed by atoms with van der Waals surface area (Å²) in [6, 6.07) is 6.46. The number of ether oxygens (including phenoxy) is 1. The number of carboxylic acid groups (broad SMARTS) is 1. The number of aliphatic carboxylic acids is 1. The second-order valence-corrected chi connectivity index (χ2v) is 20.5. The van der Waals surface area contributed by atoms with Crippen LogP contribution in [-0.4, -0.2) is 120 Å². The Labute approximate surface area is 338 Å². The minimum atomic E-state index is -0.998. The maximum Gasteiger partial charge on any atom is 0.305 e. The average Bonchev–Trinajstić information content (AvgIpc) is 3.00. The van der Waals surface area contributed by atoms with Crippen molar-refractivity contribution in [2.24, 2.45) is 10.8 Å². The molecule has 3 unspecified atom stereocenters. The van der Waals surface area contributed by atoms with Crippen LogP contribution in [0, 0.1) is 10.8 Å². The number of carboxylic acids is 1. The number of quaternary nitrogens is 1. The van der Waals surface area contributed by atoms with Crippen LogP contribution in [0.1, 0.15) is 127 Å². The first-order valence-corrected chi connectivity index (χ1v) is 20.3. The van der Waals surface area contributed by atoms with E-state index in [-0.39, 0.29) is 72.4 Å². The number of hydrogen-bond acceptors (Lipinski definition) is 8. The molecule has 2 amide bonds. The predicted molar refractivity (Wildman–Crippen MR) is 225 cm³/mol. The van der Waals surface area contributed by atoms with Gasteiger partial charge in [0.05, 0.1) is 58.8 Å². The Morgan fingerprint density at radius 2 is 1.25 bits per heavy atom. The van der Waals surface area contributed by atoms with Crippen molar-refractivity contribution in [3.8, 4) is 5.75 Å². The van der Waals surface area contributed by atoms with E-state index in [1.807, 2.05) is 108 Å². The predicted octanol–water partition coefficient (Wildman–Crippen LogP) is 5.80. The number of nitrogens with one attached hydrogen (secondary N) is 3. The smallest absolute Gasteiger partial charge is 0.305 e. The summed E-state index contributed by atoms with van der Waals surface area (Å²) in [7, 11) is 5.78. The van der Waals surface area contributed by atoms with Crippen LogP contribution in [0.5, 0.6) is 5.75 Å². The van der Waals surface area contributed by atoms with Crippen molar-refractivity contribution < 1.29 is 38.3 Å². The third kappa shape index (κ3) is 21.8. The summed E-state index contributed by atoms with van der Waals surface area (Å²) >= 11 is 0. The lowest BCUT2D eigenvalue weighted by Gasteiger charge is -2.32. The fraction of sp³-hybridized carbons (Fsp3) is 0.750. The van der Waals surface area contributed by atoms with Crippen LogP contribution in [0.25, 0.3) is 0 Å². The van der Waals surface area contributed by atoms with Gasteiger partial charge in [0.25, 0.3) is 0 Å². The molecule has 0 aliphatic carbocycles. The van der Waals surface area contributed by atoms with Gasteiger partial charge in [0, 0.05) is 41.3 Å². The van der Waals surface area contributed by atoms with Crippen molar-refractivity contribution in [2.45, 2.75) is 157 Å². The zero-order valence-electron chi connectivity index (χ0n) is 37.6. The number of carbonyl (C=O) groups is 5. The van der Waals surface area contributed by atoms with Crippen LogP contribution in [0.2, 0.25) is 0 Å². The van der Waals surface area contributed by atoms with E-state index in [0.717, 1.165) is 5.56 Å². The molecule has 4 N–H and O–H groups in total. The van der Waals surface area contributed by atoms with E-state index in [1.54, 1.807) is 4.90 Å². The maximum atomic E-state index is 13.6. The molecule has 1 aromatic rings. The Bertz CT molecular complexity index is 1420. The summed E-state index contributed by atoms with van der Waals surface area (Å²) in [4.78, 5) is 66.2.